The molecular formula is C45H38BrN3O5S. The van der Waals surface area contributed by atoms with Crippen molar-refractivity contribution < 1.29 is 23.9 Å². The largest absolute Gasteiger partial charge is 0.493 e. The Morgan fingerprint density at radius 1 is 0.927 bits per heavy atom. The molecule has 0 aromatic heterocycles. The number of hydrogen-bond donors (Lipinski definition) is 1. The lowest BCUT2D eigenvalue weighted by molar-refractivity contribution is -0.126. The highest BCUT2D eigenvalue weighted by Crippen LogP contribution is 2.37. The minimum Gasteiger partial charge on any atom is -0.493 e. The molecule has 1 aliphatic rings. The SMILES string of the molecule is C=C/C=C\C(=C/C)N1C(=O)/C(=C/c2cc(OC)c(OCc3cccc4ccccc34)cc2Br)C(=O)N=C1SCC(=O)NC(c1ccccc1)c1ccccc1. The monoisotopic (exact) mass is 811 g/mol. The zero-order valence-corrected chi connectivity index (χ0v) is 32.7. The number of fused-ring (bicyclic) bond motifs is 1. The molecular weight excluding hydrogens is 774 g/mol. The molecule has 1 aliphatic heterocycles. The lowest BCUT2D eigenvalue weighted by Gasteiger charge is -2.28. The van der Waals surface area contributed by atoms with E-state index in [1.54, 1.807) is 43.4 Å². The molecule has 1 heterocycles. The molecule has 0 aliphatic carbocycles. The van der Waals surface area contributed by atoms with E-state index in [0.29, 0.717) is 33.8 Å². The second-order valence-electron chi connectivity index (χ2n) is 12.3. The summed E-state index contributed by atoms with van der Waals surface area (Å²) in [5.41, 5.74) is 3.65. The van der Waals surface area contributed by atoms with E-state index in [-0.39, 0.29) is 22.4 Å². The third-order valence-corrected chi connectivity index (χ3v) is 10.4. The van der Waals surface area contributed by atoms with Crippen molar-refractivity contribution in [2.24, 2.45) is 4.99 Å². The molecule has 0 radical (unpaired) electrons. The van der Waals surface area contributed by atoms with Gasteiger partial charge in [-0.2, -0.15) is 4.99 Å². The number of hydrogen-bond acceptors (Lipinski definition) is 6. The van der Waals surface area contributed by atoms with Crippen molar-refractivity contribution in [2.45, 2.75) is 19.6 Å². The summed E-state index contributed by atoms with van der Waals surface area (Å²) in [6, 6.07) is 36.5. The van der Waals surface area contributed by atoms with Crippen LogP contribution in [0.4, 0.5) is 0 Å². The minimum atomic E-state index is -0.735. The molecule has 3 amide bonds. The van der Waals surface area contributed by atoms with Crippen molar-refractivity contribution in [3.8, 4) is 11.5 Å². The third kappa shape index (κ3) is 9.23. The number of ether oxygens (including phenoxy) is 2. The zero-order chi connectivity index (χ0) is 38.7. The van der Waals surface area contributed by atoms with Crippen LogP contribution in [0.3, 0.4) is 0 Å². The molecule has 0 saturated carbocycles. The van der Waals surface area contributed by atoms with Gasteiger partial charge >= 0.3 is 0 Å². The van der Waals surface area contributed by atoms with Crippen LogP contribution in [0.1, 0.15) is 35.2 Å². The first kappa shape index (κ1) is 38.7. The Hall–Kier alpha value is -5.97. The van der Waals surface area contributed by atoms with Crippen LogP contribution in [-0.4, -0.2) is 40.7 Å². The van der Waals surface area contributed by atoms with Crippen LogP contribution in [0.15, 0.2) is 167 Å². The van der Waals surface area contributed by atoms with Gasteiger partial charge < -0.3 is 14.8 Å². The van der Waals surface area contributed by atoms with Crippen molar-refractivity contribution >= 4 is 67.4 Å². The summed E-state index contributed by atoms with van der Waals surface area (Å²) in [5.74, 6) is -0.833. The van der Waals surface area contributed by atoms with Gasteiger partial charge in [0, 0.05) is 10.2 Å². The van der Waals surface area contributed by atoms with Gasteiger partial charge in [0.15, 0.2) is 16.7 Å². The first-order valence-corrected chi connectivity index (χ1v) is 19.2. The maximum absolute atomic E-state index is 14.3. The van der Waals surface area contributed by atoms with Crippen LogP contribution in [0.5, 0.6) is 11.5 Å². The number of thioether (sulfide) groups is 1. The number of nitrogens with one attached hydrogen (secondary N) is 1. The van der Waals surface area contributed by atoms with Gasteiger partial charge in [-0.15, -0.1) is 0 Å². The number of benzene rings is 5. The van der Waals surface area contributed by atoms with E-state index >= 15 is 0 Å². The number of allylic oxidation sites excluding steroid dienone is 4. The van der Waals surface area contributed by atoms with Crippen LogP contribution in [0.2, 0.25) is 0 Å². The standard InChI is InChI=1S/C45H38BrN3O5S/c1-4-6-23-35(5-2)49-44(52)37(25-34-26-39(53-3)40(27-38(34)46)54-28-33-22-15-21-30-16-13-14-24-36(30)33)43(51)48-45(49)55-29-41(50)47-42(31-17-9-7-10-18-31)32-19-11-8-12-20-32/h4-27,42H,1,28-29H2,2-3H3,(H,47,50)/b23-6-,35-5+,37-25+. The smallest absolute Gasteiger partial charge is 0.285 e. The van der Waals surface area contributed by atoms with Gasteiger partial charge in [-0.1, -0.05) is 156 Å². The zero-order valence-electron chi connectivity index (χ0n) is 30.3. The molecule has 8 nitrogen and oxygen atoms in total. The summed E-state index contributed by atoms with van der Waals surface area (Å²) in [6.45, 7) is 5.82. The van der Waals surface area contributed by atoms with E-state index in [0.717, 1.165) is 39.2 Å². The number of amides is 3. The second-order valence-corrected chi connectivity index (χ2v) is 14.1. The van der Waals surface area contributed by atoms with Crippen LogP contribution in [-0.2, 0) is 21.0 Å². The number of aliphatic imine (C=N–C) groups is 1. The van der Waals surface area contributed by atoms with Crippen molar-refractivity contribution in [3.05, 3.63) is 184 Å². The molecule has 1 N–H and O–H groups in total. The highest BCUT2D eigenvalue weighted by atomic mass is 79.9. The van der Waals surface area contributed by atoms with Crippen molar-refractivity contribution in [1.29, 1.82) is 0 Å². The van der Waals surface area contributed by atoms with Gasteiger partial charge in [0.2, 0.25) is 5.91 Å². The molecule has 0 saturated heterocycles. The Balaban J connectivity index is 1.26. The molecule has 10 heteroatoms. The second kappa shape index (κ2) is 18.4. The van der Waals surface area contributed by atoms with Gasteiger partial charge in [0.25, 0.3) is 11.8 Å². The molecule has 6 rings (SSSR count). The van der Waals surface area contributed by atoms with Crippen molar-refractivity contribution in [3.63, 3.8) is 0 Å². The molecule has 0 spiro atoms. The predicted molar refractivity (Wildman–Crippen MR) is 225 cm³/mol. The summed E-state index contributed by atoms with van der Waals surface area (Å²) in [4.78, 5) is 47.1. The maximum atomic E-state index is 14.3. The quantitative estimate of drug-likeness (QED) is 0.0723. The maximum Gasteiger partial charge on any atom is 0.285 e. The summed E-state index contributed by atoms with van der Waals surface area (Å²) >= 11 is 4.61. The highest BCUT2D eigenvalue weighted by molar-refractivity contribution is 9.10. The van der Waals surface area contributed by atoms with Crippen LogP contribution >= 0.6 is 27.7 Å². The van der Waals surface area contributed by atoms with Crippen LogP contribution < -0.4 is 14.8 Å². The number of amidine groups is 1. The van der Waals surface area contributed by atoms with Gasteiger partial charge in [-0.25, -0.2) is 0 Å². The van der Waals surface area contributed by atoms with E-state index in [9.17, 15) is 14.4 Å². The van der Waals surface area contributed by atoms with Crippen molar-refractivity contribution in [2.75, 3.05) is 12.9 Å². The van der Waals surface area contributed by atoms with Gasteiger partial charge in [0.05, 0.1) is 18.9 Å². The Morgan fingerprint density at radius 3 is 2.27 bits per heavy atom. The number of halogens is 1. The summed E-state index contributed by atoms with van der Waals surface area (Å²) in [5, 5.41) is 5.39. The Bertz CT molecular complexity index is 2310. The van der Waals surface area contributed by atoms with Crippen LogP contribution in [0, 0.1) is 0 Å². The Morgan fingerprint density at radius 2 is 1.60 bits per heavy atom. The van der Waals surface area contributed by atoms with E-state index in [2.05, 4.69) is 51.0 Å². The van der Waals surface area contributed by atoms with E-state index in [1.807, 2.05) is 84.9 Å². The molecule has 276 valence electrons. The number of nitrogens with zero attached hydrogens (tertiary/aromatic N) is 2. The average molecular weight is 813 g/mol. The number of carbonyl (C=O) groups excluding carboxylic acids is 3. The minimum absolute atomic E-state index is 0.0777. The van der Waals surface area contributed by atoms with Crippen LogP contribution in [0.25, 0.3) is 16.8 Å². The average Bonchev–Trinajstić information content (AvgIpc) is 3.21. The van der Waals surface area contributed by atoms with Crippen molar-refractivity contribution in [1.82, 2.24) is 10.2 Å². The lowest BCUT2D eigenvalue weighted by Crippen LogP contribution is -2.42. The Kier molecular flexibility index (Phi) is 12.9. The van der Waals surface area contributed by atoms with Gasteiger partial charge in [-0.05, 0) is 64.2 Å². The number of methoxy groups -OCH3 is 1. The number of rotatable bonds is 13. The molecule has 0 atom stereocenters. The van der Waals surface area contributed by atoms with Gasteiger partial charge in [-0.3, -0.25) is 19.3 Å². The first-order valence-electron chi connectivity index (χ1n) is 17.4. The predicted octanol–water partition coefficient (Wildman–Crippen LogP) is 9.58. The molecule has 0 bridgehead atoms. The fraction of sp³-hybridized carbons (Fsp3) is 0.111. The Labute approximate surface area is 333 Å². The topological polar surface area (TPSA) is 97.3 Å². The molecule has 5 aromatic carbocycles. The molecule has 55 heavy (non-hydrogen) atoms. The van der Waals surface area contributed by atoms with E-state index < -0.39 is 17.9 Å². The summed E-state index contributed by atoms with van der Waals surface area (Å²) in [7, 11) is 1.53. The molecule has 0 fully saturated rings. The van der Waals surface area contributed by atoms with E-state index in [4.69, 9.17) is 9.47 Å². The molecule has 5 aromatic rings. The van der Waals surface area contributed by atoms with Gasteiger partial charge in [0.1, 0.15) is 12.2 Å². The number of carbonyl (C=O) groups is 3. The normalized spacial score (nSPS) is 14.1. The summed E-state index contributed by atoms with van der Waals surface area (Å²) in [6.07, 6.45) is 8.16. The van der Waals surface area contributed by atoms with E-state index in [1.165, 1.54) is 18.1 Å². The highest BCUT2D eigenvalue weighted by Gasteiger charge is 2.35. The lowest BCUT2D eigenvalue weighted by atomic mass is 9.99. The third-order valence-electron chi connectivity index (χ3n) is 8.76. The fourth-order valence-corrected chi connectivity index (χ4v) is 7.30. The molecule has 0 unspecified atom stereocenters. The first-order chi connectivity index (χ1) is 26.8. The fourth-order valence-electron chi connectivity index (χ4n) is 6.06. The summed E-state index contributed by atoms with van der Waals surface area (Å²) < 4.78 is 12.5.